The number of hydrogen-bond donors (Lipinski definition) is 2. The molecule has 8 heteroatoms. The van der Waals surface area contributed by atoms with Gasteiger partial charge in [-0.05, 0) is 12.8 Å². The molecule has 0 aromatic carbocycles. The molecule has 2 fully saturated rings. The second-order valence-corrected chi connectivity index (χ2v) is 5.20. The molecule has 1 atom stereocenters. The van der Waals surface area contributed by atoms with Crippen molar-refractivity contribution in [3.63, 3.8) is 0 Å². The van der Waals surface area contributed by atoms with Gasteiger partial charge in [-0.1, -0.05) is 5.16 Å². The fraction of sp³-hybridized carbons (Fsp3) is 0.667. The second-order valence-electron chi connectivity index (χ2n) is 5.20. The highest BCUT2D eigenvalue weighted by molar-refractivity contribution is 5.86. The molecule has 1 amide bonds. The lowest BCUT2D eigenvalue weighted by Gasteiger charge is -2.33. The third kappa shape index (κ3) is 2.79. The van der Waals surface area contributed by atoms with Crippen LogP contribution >= 0.6 is 0 Å². The monoisotopic (exact) mass is 280 g/mol. The summed E-state index contributed by atoms with van der Waals surface area (Å²) in [4.78, 5) is 28.7. The Morgan fingerprint density at radius 3 is 3.00 bits per heavy atom. The molecular weight excluding hydrogens is 264 g/mol. The number of nitrogens with one attached hydrogen (secondary N) is 1. The van der Waals surface area contributed by atoms with Gasteiger partial charge in [0.15, 0.2) is 5.82 Å². The minimum Gasteiger partial charge on any atom is -0.481 e. The normalized spacial score (nSPS) is 23.6. The summed E-state index contributed by atoms with van der Waals surface area (Å²) >= 11 is 0. The summed E-state index contributed by atoms with van der Waals surface area (Å²) in [5.74, 6) is 0.289. The van der Waals surface area contributed by atoms with Crippen LogP contribution in [0, 0.1) is 0 Å². The molecule has 2 heterocycles. The summed E-state index contributed by atoms with van der Waals surface area (Å²) in [5, 5.41) is 15.5. The number of aliphatic carboxylic acids is 1. The molecule has 3 rings (SSSR count). The Bertz CT molecular complexity index is 525. The van der Waals surface area contributed by atoms with E-state index in [1.807, 2.05) is 0 Å². The molecule has 0 bridgehead atoms. The van der Waals surface area contributed by atoms with Gasteiger partial charge in [0.25, 0.3) is 0 Å². The lowest BCUT2D eigenvalue weighted by Crippen LogP contribution is -2.55. The largest absolute Gasteiger partial charge is 0.481 e. The molecule has 1 aromatic rings. The van der Waals surface area contributed by atoms with Crippen LogP contribution in [0.1, 0.15) is 36.9 Å². The zero-order valence-corrected chi connectivity index (χ0v) is 10.9. The van der Waals surface area contributed by atoms with Crippen LogP contribution in [-0.2, 0) is 16.1 Å². The van der Waals surface area contributed by atoms with Gasteiger partial charge in [-0.2, -0.15) is 4.98 Å². The highest BCUT2D eigenvalue weighted by atomic mass is 16.5. The number of hydrogen-bond acceptors (Lipinski definition) is 6. The van der Waals surface area contributed by atoms with Crippen LogP contribution in [0.3, 0.4) is 0 Å². The van der Waals surface area contributed by atoms with Gasteiger partial charge in [0, 0.05) is 19.0 Å². The van der Waals surface area contributed by atoms with E-state index < -0.39 is 12.0 Å². The first-order chi connectivity index (χ1) is 9.63. The van der Waals surface area contributed by atoms with E-state index in [0.29, 0.717) is 37.3 Å². The average Bonchev–Trinajstić information content (AvgIpc) is 3.14. The molecule has 0 radical (unpaired) electrons. The summed E-state index contributed by atoms with van der Waals surface area (Å²) < 4.78 is 5.17. The number of carbonyl (C=O) groups is 2. The fourth-order valence-corrected chi connectivity index (χ4v) is 2.35. The Kier molecular flexibility index (Phi) is 3.39. The smallest absolute Gasteiger partial charge is 0.305 e. The SMILES string of the molecule is O=C(O)CC1C(=O)NCCN1Cc1noc(C2CC2)n1. The number of carbonyl (C=O) groups excluding carboxylic acids is 1. The minimum absolute atomic E-state index is 0.223. The lowest BCUT2D eigenvalue weighted by atomic mass is 10.1. The number of carboxylic acids is 1. The average molecular weight is 280 g/mol. The molecule has 1 saturated carbocycles. The van der Waals surface area contributed by atoms with Crippen molar-refractivity contribution >= 4 is 11.9 Å². The number of rotatable bonds is 5. The maximum atomic E-state index is 11.8. The van der Waals surface area contributed by atoms with E-state index in [-0.39, 0.29) is 12.3 Å². The van der Waals surface area contributed by atoms with Gasteiger partial charge in [-0.3, -0.25) is 14.5 Å². The molecule has 1 aliphatic carbocycles. The zero-order chi connectivity index (χ0) is 14.1. The van der Waals surface area contributed by atoms with Crippen molar-refractivity contribution in [3.8, 4) is 0 Å². The molecule has 2 N–H and O–H groups in total. The summed E-state index contributed by atoms with van der Waals surface area (Å²) in [6.07, 6.45) is 1.93. The van der Waals surface area contributed by atoms with Crippen LogP contribution in [0.4, 0.5) is 0 Å². The third-order valence-electron chi connectivity index (χ3n) is 3.56. The predicted molar refractivity (Wildman–Crippen MR) is 65.7 cm³/mol. The predicted octanol–water partition coefficient (Wildman–Crippen LogP) is -0.278. The van der Waals surface area contributed by atoms with E-state index in [2.05, 4.69) is 15.5 Å². The van der Waals surface area contributed by atoms with E-state index in [4.69, 9.17) is 9.63 Å². The summed E-state index contributed by atoms with van der Waals surface area (Å²) in [6, 6.07) is -0.677. The lowest BCUT2D eigenvalue weighted by molar-refractivity contribution is -0.143. The Morgan fingerprint density at radius 2 is 2.30 bits per heavy atom. The second kappa shape index (κ2) is 5.20. The van der Waals surface area contributed by atoms with E-state index >= 15 is 0 Å². The molecule has 8 nitrogen and oxygen atoms in total. The van der Waals surface area contributed by atoms with E-state index in [1.165, 1.54) is 0 Å². The standard InChI is InChI=1S/C12H16N4O4/c17-10(18)5-8-11(19)13-3-4-16(8)6-9-14-12(20-15-9)7-1-2-7/h7-8H,1-6H2,(H,13,19)(H,17,18). The van der Waals surface area contributed by atoms with E-state index in [0.717, 1.165) is 12.8 Å². The zero-order valence-electron chi connectivity index (χ0n) is 10.9. The third-order valence-corrected chi connectivity index (χ3v) is 3.56. The van der Waals surface area contributed by atoms with Crippen molar-refractivity contribution in [2.24, 2.45) is 0 Å². The molecule has 108 valence electrons. The fourth-order valence-electron chi connectivity index (χ4n) is 2.35. The number of carboxylic acid groups (broad SMARTS) is 1. The molecule has 2 aliphatic rings. The van der Waals surface area contributed by atoms with Crippen molar-refractivity contribution in [2.75, 3.05) is 13.1 Å². The molecular formula is C12H16N4O4. The van der Waals surface area contributed by atoms with Gasteiger partial charge in [-0.25, -0.2) is 0 Å². The van der Waals surface area contributed by atoms with Crippen molar-refractivity contribution in [1.29, 1.82) is 0 Å². The maximum Gasteiger partial charge on any atom is 0.305 e. The Hall–Kier alpha value is -1.96. The van der Waals surface area contributed by atoms with Crippen LogP contribution in [0.5, 0.6) is 0 Å². The van der Waals surface area contributed by atoms with Crippen LogP contribution in [0.2, 0.25) is 0 Å². The van der Waals surface area contributed by atoms with Crippen molar-refractivity contribution in [2.45, 2.75) is 37.8 Å². The number of amides is 1. The summed E-state index contributed by atoms with van der Waals surface area (Å²) in [6.45, 7) is 1.42. The van der Waals surface area contributed by atoms with Gasteiger partial charge in [0.1, 0.15) is 6.04 Å². The molecule has 1 saturated heterocycles. The Labute approximate surface area is 115 Å². The van der Waals surface area contributed by atoms with Gasteiger partial charge in [0.2, 0.25) is 11.8 Å². The minimum atomic E-state index is -0.996. The first-order valence-corrected chi connectivity index (χ1v) is 6.69. The van der Waals surface area contributed by atoms with Crippen LogP contribution in [-0.4, -0.2) is 51.2 Å². The van der Waals surface area contributed by atoms with Gasteiger partial charge >= 0.3 is 5.97 Å². The Morgan fingerprint density at radius 1 is 1.50 bits per heavy atom. The van der Waals surface area contributed by atoms with Crippen molar-refractivity contribution in [1.82, 2.24) is 20.4 Å². The topological polar surface area (TPSA) is 109 Å². The van der Waals surface area contributed by atoms with Gasteiger partial charge < -0.3 is 14.9 Å². The molecule has 0 spiro atoms. The summed E-state index contributed by atoms with van der Waals surface area (Å²) in [5.41, 5.74) is 0. The van der Waals surface area contributed by atoms with E-state index in [9.17, 15) is 9.59 Å². The first-order valence-electron chi connectivity index (χ1n) is 6.69. The van der Waals surface area contributed by atoms with Crippen LogP contribution < -0.4 is 5.32 Å². The maximum absolute atomic E-state index is 11.8. The number of aromatic nitrogens is 2. The molecule has 1 aliphatic heterocycles. The summed E-state index contributed by atoms with van der Waals surface area (Å²) in [7, 11) is 0. The van der Waals surface area contributed by atoms with E-state index in [1.54, 1.807) is 4.90 Å². The van der Waals surface area contributed by atoms with Gasteiger partial charge in [-0.15, -0.1) is 0 Å². The van der Waals surface area contributed by atoms with Crippen molar-refractivity contribution < 1.29 is 19.2 Å². The first kappa shape index (κ1) is 13.0. The molecule has 20 heavy (non-hydrogen) atoms. The Balaban J connectivity index is 1.68. The molecule has 1 aromatic heterocycles. The van der Waals surface area contributed by atoms with Gasteiger partial charge in [0.05, 0.1) is 13.0 Å². The highest BCUT2D eigenvalue weighted by Crippen LogP contribution is 2.38. The van der Waals surface area contributed by atoms with Crippen LogP contribution in [0.15, 0.2) is 4.52 Å². The highest BCUT2D eigenvalue weighted by Gasteiger charge is 2.33. The van der Waals surface area contributed by atoms with Crippen LogP contribution in [0.25, 0.3) is 0 Å². The van der Waals surface area contributed by atoms with Crippen molar-refractivity contribution in [3.05, 3.63) is 11.7 Å². The quantitative estimate of drug-likeness (QED) is 0.763. The number of piperazine rings is 1. The molecule has 1 unspecified atom stereocenters. The number of nitrogens with zero attached hydrogens (tertiary/aromatic N) is 3.